The summed E-state index contributed by atoms with van der Waals surface area (Å²) in [6.07, 6.45) is 6.85. The lowest BCUT2D eigenvalue weighted by Gasteiger charge is -2.26. The number of nitrogens with one attached hydrogen (secondary N) is 1. The van der Waals surface area contributed by atoms with Crippen LogP contribution in [0.15, 0.2) is 12.4 Å². The van der Waals surface area contributed by atoms with Gasteiger partial charge in [0, 0.05) is 37.9 Å². The van der Waals surface area contributed by atoms with Crippen molar-refractivity contribution in [2.45, 2.75) is 25.8 Å². The zero-order valence-corrected chi connectivity index (χ0v) is 10.8. The monoisotopic (exact) mass is 234 g/mol. The van der Waals surface area contributed by atoms with E-state index in [0.717, 1.165) is 0 Å². The van der Waals surface area contributed by atoms with E-state index in [9.17, 15) is 0 Å². The summed E-state index contributed by atoms with van der Waals surface area (Å²) in [6.45, 7) is 7.20. The first kappa shape index (κ1) is 11.2. The van der Waals surface area contributed by atoms with Gasteiger partial charge in [-0.1, -0.05) is 0 Å². The molecule has 2 aliphatic heterocycles. The fourth-order valence-electron chi connectivity index (χ4n) is 3.31. The van der Waals surface area contributed by atoms with Gasteiger partial charge < -0.3 is 5.32 Å². The molecule has 3 heterocycles. The van der Waals surface area contributed by atoms with Crippen LogP contribution >= 0.6 is 0 Å². The third kappa shape index (κ3) is 2.00. The third-order valence-corrected chi connectivity index (χ3v) is 4.55. The SMILES string of the molecule is CC(c1cnn(C)c1)N1CCC2(CCNC2)C1. The molecule has 1 N–H and O–H groups in total. The third-order valence-electron chi connectivity index (χ3n) is 4.55. The molecule has 1 spiro atoms. The van der Waals surface area contributed by atoms with Crippen molar-refractivity contribution in [2.24, 2.45) is 12.5 Å². The van der Waals surface area contributed by atoms with E-state index in [4.69, 9.17) is 0 Å². The van der Waals surface area contributed by atoms with E-state index in [1.54, 1.807) is 0 Å². The maximum atomic E-state index is 4.28. The molecule has 2 fully saturated rings. The second kappa shape index (κ2) is 4.10. The smallest absolute Gasteiger partial charge is 0.0537 e. The number of nitrogens with zero attached hydrogens (tertiary/aromatic N) is 3. The molecule has 0 saturated carbocycles. The van der Waals surface area contributed by atoms with Crippen LogP contribution in [-0.4, -0.2) is 40.9 Å². The van der Waals surface area contributed by atoms with Crippen molar-refractivity contribution in [1.82, 2.24) is 20.0 Å². The van der Waals surface area contributed by atoms with E-state index in [1.807, 2.05) is 17.9 Å². The van der Waals surface area contributed by atoms with Crippen LogP contribution in [0.2, 0.25) is 0 Å². The van der Waals surface area contributed by atoms with Gasteiger partial charge in [0.15, 0.2) is 0 Å². The Bertz CT molecular complexity index is 392. The van der Waals surface area contributed by atoms with Gasteiger partial charge in [-0.15, -0.1) is 0 Å². The highest BCUT2D eigenvalue weighted by Gasteiger charge is 2.41. The number of rotatable bonds is 2. The Hall–Kier alpha value is -0.870. The molecule has 0 amide bonds. The molecule has 1 aromatic heterocycles. The quantitative estimate of drug-likeness (QED) is 0.834. The minimum atomic E-state index is 0.503. The second-order valence-corrected chi connectivity index (χ2v) is 5.77. The predicted molar refractivity (Wildman–Crippen MR) is 67.7 cm³/mol. The number of hydrogen-bond donors (Lipinski definition) is 1. The molecule has 0 aliphatic carbocycles. The van der Waals surface area contributed by atoms with Gasteiger partial charge in [-0.2, -0.15) is 5.10 Å². The first-order valence-corrected chi connectivity index (χ1v) is 6.62. The lowest BCUT2D eigenvalue weighted by molar-refractivity contribution is 0.224. The number of likely N-dealkylation sites (tertiary alicyclic amines) is 1. The molecule has 3 rings (SSSR count). The average molecular weight is 234 g/mol. The van der Waals surface area contributed by atoms with Gasteiger partial charge in [0.25, 0.3) is 0 Å². The molecular formula is C13H22N4. The molecular weight excluding hydrogens is 212 g/mol. The van der Waals surface area contributed by atoms with Gasteiger partial charge in [-0.05, 0) is 38.3 Å². The highest BCUT2D eigenvalue weighted by molar-refractivity contribution is 5.11. The molecule has 0 bridgehead atoms. The molecule has 2 atom stereocenters. The van der Waals surface area contributed by atoms with E-state index in [2.05, 4.69) is 28.4 Å². The summed E-state index contributed by atoms with van der Waals surface area (Å²) in [4.78, 5) is 2.62. The second-order valence-electron chi connectivity index (χ2n) is 5.77. The summed E-state index contributed by atoms with van der Waals surface area (Å²) in [5, 5.41) is 7.79. The Morgan fingerprint density at radius 3 is 3.00 bits per heavy atom. The maximum absolute atomic E-state index is 4.28. The van der Waals surface area contributed by atoms with Crippen LogP contribution < -0.4 is 5.32 Å². The van der Waals surface area contributed by atoms with Crippen LogP contribution in [0.4, 0.5) is 0 Å². The minimum Gasteiger partial charge on any atom is -0.316 e. The zero-order valence-electron chi connectivity index (χ0n) is 10.8. The van der Waals surface area contributed by atoms with E-state index >= 15 is 0 Å². The van der Waals surface area contributed by atoms with Gasteiger partial charge in [0.2, 0.25) is 0 Å². The molecule has 94 valence electrons. The highest BCUT2D eigenvalue weighted by Crippen LogP contribution is 2.39. The molecule has 4 nitrogen and oxygen atoms in total. The summed E-state index contributed by atoms with van der Waals surface area (Å²) in [6, 6.07) is 0.503. The van der Waals surface area contributed by atoms with Crippen LogP contribution in [0, 0.1) is 5.41 Å². The summed E-state index contributed by atoms with van der Waals surface area (Å²) in [7, 11) is 1.99. The summed E-state index contributed by atoms with van der Waals surface area (Å²) in [5.41, 5.74) is 1.91. The predicted octanol–water partition coefficient (Wildman–Crippen LogP) is 1.17. The number of hydrogen-bond acceptors (Lipinski definition) is 3. The van der Waals surface area contributed by atoms with Crippen molar-refractivity contribution in [2.75, 3.05) is 26.2 Å². The van der Waals surface area contributed by atoms with Crippen molar-refractivity contribution in [3.8, 4) is 0 Å². The lowest BCUT2D eigenvalue weighted by Crippen LogP contribution is -2.30. The summed E-state index contributed by atoms with van der Waals surface area (Å²) < 4.78 is 1.90. The van der Waals surface area contributed by atoms with E-state index in [0.29, 0.717) is 11.5 Å². The lowest BCUT2D eigenvalue weighted by atomic mass is 9.86. The number of aromatic nitrogens is 2. The molecule has 2 unspecified atom stereocenters. The van der Waals surface area contributed by atoms with Crippen molar-refractivity contribution in [3.63, 3.8) is 0 Å². The Balaban J connectivity index is 1.70. The van der Waals surface area contributed by atoms with E-state index < -0.39 is 0 Å². The largest absolute Gasteiger partial charge is 0.316 e. The molecule has 17 heavy (non-hydrogen) atoms. The van der Waals surface area contributed by atoms with E-state index in [-0.39, 0.29) is 0 Å². The van der Waals surface area contributed by atoms with Gasteiger partial charge in [0.05, 0.1) is 6.20 Å². The Labute approximate surface area is 103 Å². The molecule has 2 aliphatic rings. The van der Waals surface area contributed by atoms with Crippen LogP contribution in [0.1, 0.15) is 31.4 Å². The first-order valence-electron chi connectivity index (χ1n) is 6.62. The Morgan fingerprint density at radius 1 is 1.47 bits per heavy atom. The molecule has 0 radical (unpaired) electrons. The fraction of sp³-hybridized carbons (Fsp3) is 0.769. The average Bonchev–Trinajstić information content (AvgIpc) is 3.02. The normalized spacial score (nSPS) is 31.4. The van der Waals surface area contributed by atoms with Crippen LogP contribution in [0.5, 0.6) is 0 Å². The Kier molecular flexibility index (Phi) is 2.71. The van der Waals surface area contributed by atoms with Crippen molar-refractivity contribution in [1.29, 1.82) is 0 Å². The van der Waals surface area contributed by atoms with Crippen LogP contribution in [-0.2, 0) is 7.05 Å². The van der Waals surface area contributed by atoms with Crippen LogP contribution in [0.3, 0.4) is 0 Å². The molecule has 1 aromatic rings. The van der Waals surface area contributed by atoms with Gasteiger partial charge >= 0.3 is 0 Å². The molecule has 0 aromatic carbocycles. The van der Waals surface area contributed by atoms with Gasteiger partial charge in [-0.3, -0.25) is 9.58 Å². The standard InChI is InChI=1S/C13H22N4/c1-11(12-7-15-16(2)8-12)17-6-4-13(10-17)3-5-14-9-13/h7-8,11,14H,3-6,9-10H2,1-2H3. The zero-order chi connectivity index (χ0) is 11.9. The molecule has 4 heteroatoms. The first-order chi connectivity index (χ1) is 8.19. The fourth-order valence-corrected chi connectivity index (χ4v) is 3.31. The summed E-state index contributed by atoms with van der Waals surface area (Å²) in [5.74, 6) is 0. The van der Waals surface area contributed by atoms with Crippen molar-refractivity contribution < 1.29 is 0 Å². The van der Waals surface area contributed by atoms with E-state index in [1.165, 1.54) is 44.6 Å². The van der Waals surface area contributed by atoms with Crippen molar-refractivity contribution in [3.05, 3.63) is 18.0 Å². The van der Waals surface area contributed by atoms with Gasteiger partial charge in [-0.25, -0.2) is 0 Å². The highest BCUT2D eigenvalue weighted by atomic mass is 15.3. The van der Waals surface area contributed by atoms with Crippen molar-refractivity contribution >= 4 is 0 Å². The number of aryl methyl sites for hydroxylation is 1. The summed E-state index contributed by atoms with van der Waals surface area (Å²) >= 11 is 0. The van der Waals surface area contributed by atoms with Crippen LogP contribution in [0.25, 0.3) is 0 Å². The Morgan fingerprint density at radius 2 is 2.35 bits per heavy atom. The van der Waals surface area contributed by atoms with Gasteiger partial charge in [0.1, 0.15) is 0 Å². The topological polar surface area (TPSA) is 33.1 Å². The molecule has 2 saturated heterocycles. The minimum absolute atomic E-state index is 0.503. The maximum Gasteiger partial charge on any atom is 0.0537 e.